The molecule has 1 saturated heterocycles. The number of aliphatic hydroxyl groups is 1. The van der Waals surface area contributed by atoms with Crippen molar-refractivity contribution in [3.05, 3.63) is 35.4 Å². The van der Waals surface area contributed by atoms with Gasteiger partial charge in [-0.2, -0.15) is 13.2 Å². The number of aliphatic carboxylic acids is 1. The van der Waals surface area contributed by atoms with E-state index in [4.69, 9.17) is 5.11 Å². The molecule has 0 spiro atoms. The van der Waals surface area contributed by atoms with Crippen molar-refractivity contribution in [3.8, 4) is 0 Å². The van der Waals surface area contributed by atoms with Gasteiger partial charge in [0.25, 0.3) is 0 Å². The average Bonchev–Trinajstić information content (AvgIpc) is 2.78. The number of aliphatic hydroxyl groups excluding tert-OH is 1. The van der Waals surface area contributed by atoms with Crippen molar-refractivity contribution in [2.45, 2.75) is 24.9 Å². The third kappa shape index (κ3) is 5.07. The number of benzene rings is 1. The van der Waals surface area contributed by atoms with Gasteiger partial charge in [-0.1, -0.05) is 18.2 Å². The number of nitrogens with zero attached hydrogens (tertiary/aromatic N) is 2. The first-order chi connectivity index (χ1) is 10.7. The summed E-state index contributed by atoms with van der Waals surface area (Å²) in [5, 5.41) is 18.8. The minimum Gasteiger partial charge on any atom is -0.480 e. The highest BCUT2D eigenvalue weighted by atomic mass is 35.5. The fourth-order valence-corrected chi connectivity index (χ4v) is 2.92. The van der Waals surface area contributed by atoms with Crippen LogP contribution in [-0.4, -0.2) is 64.8 Å². The summed E-state index contributed by atoms with van der Waals surface area (Å²) in [6, 6.07) is 4.93. The predicted molar refractivity (Wildman–Crippen MR) is 84.0 cm³/mol. The SMILES string of the molecule is CN(CC(=O)O)C1CN(Cc2ccccc2C(F)(F)F)C[C@H]1O.Cl. The lowest BCUT2D eigenvalue weighted by Gasteiger charge is -2.25. The summed E-state index contributed by atoms with van der Waals surface area (Å²) in [6.07, 6.45) is -5.22. The summed E-state index contributed by atoms with van der Waals surface area (Å²) in [5.41, 5.74) is -0.537. The molecule has 1 aliphatic heterocycles. The van der Waals surface area contributed by atoms with Gasteiger partial charge in [-0.05, 0) is 18.7 Å². The topological polar surface area (TPSA) is 64.0 Å². The lowest BCUT2D eigenvalue weighted by Crippen LogP contribution is -2.43. The van der Waals surface area contributed by atoms with Crippen molar-refractivity contribution < 1.29 is 28.2 Å². The van der Waals surface area contributed by atoms with Crippen molar-refractivity contribution in [1.82, 2.24) is 9.80 Å². The zero-order chi connectivity index (χ0) is 17.2. The average molecular weight is 369 g/mol. The first kappa shape index (κ1) is 20.7. The van der Waals surface area contributed by atoms with E-state index >= 15 is 0 Å². The van der Waals surface area contributed by atoms with Gasteiger partial charge in [-0.25, -0.2) is 0 Å². The molecule has 0 aromatic heterocycles. The third-order valence-corrected chi connectivity index (χ3v) is 4.00. The maximum absolute atomic E-state index is 13.0. The number of halogens is 4. The summed E-state index contributed by atoms with van der Waals surface area (Å²) in [6.45, 7) is 0.358. The summed E-state index contributed by atoms with van der Waals surface area (Å²) in [4.78, 5) is 13.9. The lowest BCUT2D eigenvalue weighted by molar-refractivity contribution is -0.139. The van der Waals surface area contributed by atoms with Crippen LogP contribution in [0.2, 0.25) is 0 Å². The first-order valence-corrected chi connectivity index (χ1v) is 7.16. The summed E-state index contributed by atoms with van der Waals surface area (Å²) in [5.74, 6) is -1.01. The molecule has 1 aromatic carbocycles. The number of likely N-dealkylation sites (tertiary alicyclic amines) is 1. The number of β-amino-alcohol motifs (C(OH)–C–C–N with tert-alkyl or cyclic N) is 1. The molecule has 0 saturated carbocycles. The molecule has 9 heteroatoms. The van der Waals surface area contributed by atoms with Crippen LogP contribution < -0.4 is 0 Å². The van der Waals surface area contributed by atoms with E-state index in [1.54, 1.807) is 18.0 Å². The fraction of sp³-hybridized carbons (Fsp3) is 0.533. The van der Waals surface area contributed by atoms with Crippen LogP contribution in [0, 0.1) is 0 Å². The molecule has 0 bridgehead atoms. The normalized spacial score (nSPS) is 21.8. The molecular formula is C15H20ClF3N2O3. The molecular weight excluding hydrogens is 349 g/mol. The monoisotopic (exact) mass is 368 g/mol. The molecule has 1 aliphatic rings. The van der Waals surface area contributed by atoms with Crippen molar-refractivity contribution in [2.75, 3.05) is 26.7 Å². The Morgan fingerprint density at radius 3 is 2.54 bits per heavy atom. The van der Waals surface area contributed by atoms with Gasteiger partial charge in [0.2, 0.25) is 0 Å². The Morgan fingerprint density at radius 2 is 1.96 bits per heavy atom. The van der Waals surface area contributed by atoms with Gasteiger partial charge < -0.3 is 10.2 Å². The number of alkyl halides is 3. The molecule has 1 fully saturated rings. The maximum Gasteiger partial charge on any atom is 0.416 e. The lowest BCUT2D eigenvalue weighted by atomic mass is 10.1. The standard InChI is InChI=1S/C15H19F3N2O3.ClH/c1-19(9-14(22)23)12-7-20(8-13(12)21)6-10-4-2-3-5-11(10)15(16,17)18;/h2-5,12-13,21H,6-9H2,1H3,(H,22,23);1H/t12?,13-;/m1./s1. The molecule has 1 unspecified atom stereocenters. The molecule has 136 valence electrons. The van der Waals surface area contributed by atoms with Crippen molar-refractivity contribution >= 4 is 18.4 Å². The molecule has 2 atom stereocenters. The molecule has 1 aromatic rings. The quantitative estimate of drug-likeness (QED) is 0.828. The highest BCUT2D eigenvalue weighted by Crippen LogP contribution is 2.33. The second-order valence-electron chi connectivity index (χ2n) is 5.79. The van der Waals surface area contributed by atoms with E-state index in [-0.39, 0.29) is 37.6 Å². The molecule has 2 rings (SSSR count). The highest BCUT2D eigenvalue weighted by Gasteiger charge is 2.37. The Bertz CT molecular complexity index is 571. The largest absolute Gasteiger partial charge is 0.480 e. The van der Waals surface area contributed by atoms with E-state index in [2.05, 4.69) is 0 Å². The smallest absolute Gasteiger partial charge is 0.416 e. The molecule has 2 N–H and O–H groups in total. The Hall–Kier alpha value is -1.35. The van der Waals surface area contributed by atoms with E-state index in [1.165, 1.54) is 17.0 Å². The second kappa shape index (κ2) is 8.15. The highest BCUT2D eigenvalue weighted by molar-refractivity contribution is 5.85. The van der Waals surface area contributed by atoms with Crippen molar-refractivity contribution in [2.24, 2.45) is 0 Å². The van der Waals surface area contributed by atoms with Gasteiger partial charge >= 0.3 is 12.1 Å². The molecule has 1 heterocycles. The first-order valence-electron chi connectivity index (χ1n) is 7.16. The predicted octanol–water partition coefficient (Wildman–Crippen LogP) is 1.69. The number of carboxylic acid groups (broad SMARTS) is 1. The fourth-order valence-electron chi connectivity index (χ4n) is 2.92. The van der Waals surface area contributed by atoms with E-state index in [1.807, 2.05) is 0 Å². The van der Waals surface area contributed by atoms with E-state index in [0.29, 0.717) is 6.54 Å². The molecule has 0 amide bonds. The van der Waals surface area contributed by atoms with Crippen LogP contribution in [0.5, 0.6) is 0 Å². The Morgan fingerprint density at radius 1 is 1.33 bits per heavy atom. The van der Waals surface area contributed by atoms with Crippen LogP contribution in [0.15, 0.2) is 24.3 Å². The van der Waals surface area contributed by atoms with E-state index in [9.17, 15) is 23.1 Å². The van der Waals surface area contributed by atoms with Crippen LogP contribution in [0.4, 0.5) is 13.2 Å². The molecule has 24 heavy (non-hydrogen) atoms. The maximum atomic E-state index is 13.0. The number of likely N-dealkylation sites (N-methyl/N-ethyl adjacent to an activating group) is 1. The van der Waals surface area contributed by atoms with Gasteiger partial charge in [-0.3, -0.25) is 14.6 Å². The Balaban J connectivity index is 0.00000288. The van der Waals surface area contributed by atoms with Crippen LogP contribution >= 0.6 is 12.4 Å². The summed E-state index contributed by atoms with van der Waals surface area (Å²) in [7, 11) is 1.58. The van der Waals surface area contributed by atoms with Gasteiger partial charge in [0.1, 0.15) is 0 Å². The summed E-state index contributed by atoms with van der Waals surface area (Å²) >= 11 is 0. The van der Waals surface area contributed by atoms with Gasteiger partial charge in [0.05, 0.1) is 18.2 Å². The van der Waals surface area contributed by atoms with Gasteiger partial charge in [0, 0.05) is 25.7 Å². The van der Waals surface area contributed by atoms with E-state index < -0.39 is 29.9 Å². The van der Waals surface area contributed by atoms with Crippen LogP contribution in [0.1, 0.15) is 11.1 Å². The molecule has 5 nitrogen and oxygen atoms in total. The number of rotatable bonds is 5. The van der Waals surface area contributed by atoms with Gasteiger partial charge in [-0.15, -0.1) is 12.4 Å². The number of carboxylic acids is 1. The minimum absolute atomic E-state index is 0. The van der Waals surface area contributed by atoms with Gasteiger partial charge in [0.15, 0.2) is 0 Å². The zero-order valence-corrected chi connectivity index (χ0v) is 13.8. The Kier molecular flexibility index (Phi) is 7.03. The van der Waals surface area contributed by atoms with Crippen molar-refractivity contribution in [3.63, 3.8) is 0 Å². The number of carbonyl (C=O) groups is 1. The van der Waals surface area contributed by atoms with Crippen molar-refractivity contribution in [1.29, 1.82) is 0 Å². The molecule has 0 aliphatic carbocycles. The zero-order valence-electron chi connectivity index (χ0n) is 13.0. The second-order valence-corrected chi connectivity index (χ2v) is 5.79. The third-order valence-electron chi connectivity index (χ3n) is 4.00. The summed E-state index contributed by atoms with van der Waals surface area (Å²) < 4.78 is 39.0. The van der Waals surface area contributed by atoms with Crippen LogP contribution in [-0.2, 0) is 17.5 Å². The Labute approximate surface area is 144 Å². The molecule has 0 radical (unpaired) electrons. The number of hydrogen-bond acceptors (Lipinski definition) is 4. The van der Waals surface area contributed by atoms with E-state index in [0.717, 1.165) is 6.07 Å². The minimum atomic E-state index is -4.42. The van der Waals surface area contributed by atoms with Crippen LogP contribution in [0.3, 0.4) is 0 Å². The number of hydrogen-bond donors (Lipinski definition) is 2. The van der Waals surface area contributed by atoms with Crippen LogP contribution in [0.25, 0.3) is 0 Å².